The summed E-state index contributed by atoms with van der Waals surface area (Å²) in [6, 6.07) is 10.1. The zero-order chi connectivity index (χ0) is 16.5. The Balaban J connectivity index is 1.50. The monoisotopic (exact) mass is 320 g/mol. The minimum atomic E-state index is -0.377. The van der Waals surface area contributed by atoms with Crippen molar-refractivity contribution < 1.29 is 14.3 Å². The second-order valence-electron chi connectivity index (χ2n) is 5.46. The molecule has 3 amide bonds. The normalized spacial score (nSPS) is 16.3. The summed E-state index contributed by atoms with van der Waals surface area (Å²) in [5.41, 5.74) is 7.63. The van der Waals surface area contributed by atoms with Gasteiger partial charge in [-0.15, -0.1) is 0 Å². The molecule has 1 heterocycles. The third-order valence-corrected chi connectivity index (χ3v) is 3.60. The molecule has 1 aliphatic rings. The molecule has 2 rings (SSSR count). The molecule has 0 radical (unpaired) electrons. The number of ether oxygens (including phenoxy) is 1. The van der Waals surface area contributed by atoms with Crippen LogP contribution in [0.25, 0.3) is 0 Å². The molecule has 1 atom stereocenters. The highest BCUT2D eigenvalue weighted by Gasteiger charge is 2.22. The van der Waals surface area contributed by atoms with Gasteiger partial charge in [0.15, 0.2) is 0 Å². The van der Waals surface area contributed by atoms with Crippen molar-refractivity contribution in [3.05, 3.63) is 35.9 Å². The largest absolute Gasteiger partial charge is 0.361 e. The van der Waals surface area contributed by atoms with Gasteiger partial charge in [-0.25, -0.2) is 4.79 Å². The fourth-order valence-corrected chi connectivity index (χ4v) is 2.21. The van der Waals surface area contributed by atoms with Crippen LogP contribution in [0.4, 0.5) is 4.79 Å². The first kappa shape index (κ1) is 17.4. The molecular weight excluding hydrogens is 296 g/mol. The van der Waals surface area contributed by atoms with Gasteiger partial charge in [0, 0.05) is 25.6 Å². The van der Waals surface area contributed by atoms with Crippen LogP contribution in [0.3, 0.4) is 0 Å². The molecule has 1 aromatic carbocycles. The summed E-state index contributed by atoms with van der Waals surface area (Å²) in [7, 11) is 0. The van der Waals surface area contributed by atoms with E-state index in [0.29, 0.717) is 19.6 Å². The summed E-state index contributed by atoms with van der Waals surface area (Å²) >= 11 is 0. The first-order valence-electron chi connectivity index (χ1n) is 7.86. The Morgan fingerprint density at radius 2 is 2.09 bits per heavy atom. The van der Waals surface area contributed by atoms with E-state index in [9.17, 15) is 9.59 Å². The lowest BCUT2D eigenvalue weighted by Gasteiger charge is -2.26. The van der Waals surface area contributed by atoms with Crippen molar-refractivity contribution in [2.45, 2.75) is 25.8 Å². The second-order valence-corrected chi connectivity index (χ2v) is 5.46. The van der Waals surface area contributed by atoms with Crippen molar-refractivity contribution in [1.29, 1.82) is 0 Å². The standard InChI is InChI=1S/C16H24N4O3/c1-13(14-6-3-2-4-7-14)19-17-9-5-11-23-12-20-10-8-15(21)18-16(20)22/h2-4,6-7,13,17,19H,5,8-12H2,1H3,(H,18,21,22). The summed E-state index contributed by atoms with van der Waals surface area (Å²) in [6.07, 6.45) is 1.15. The van der Waals surface area contributed by atoms with E-state index in [2.05, 4.69) is 35.2 Å². The van der Waals surface area contributed by atoms with E-state index in [1.165, 1.54) is 10.5 Å². The number of benzene rings is 1. The zero-order valence-electron chi connectivity index (χ0n) is 13.4. The predicted octanol–water partition coefficient (Wildman–Crippen LogP) is 1.15. The maximum Gasteiger partial charge on any atom is 0.325 e. The lowest BCUT2D eigenvalue weighted by Crippen LogP contribution is -2.50. The van der Waals surface area contributed by atoms with Gasteiger partial charge in [0.25, 0.3) is 0 Å². The Hall–Kier alpha value is -1.96. The third kappa shape index (κ3) is 5.97. The lowest BCUT2D eigenvalue weighted by atomic mass is 10.1. The summed E-state index contributed by atoms with van der Waals surface area (Å²) in [5, 5.41) is 2.26. The lowest BCUT2D eigenvalue weighted by molar-refractivity contribution is -0.122. The van der Waals surface area contributed by atoms with Crippen molar-refractivity contribution in [2.24, 2.45) is 0 Å². The topological polar surface area (TPSA) is 82.7 Å². The Kier molecular flexibility index (Phi) is 6.99. The Morgan fingerprint density at radius 1 is 1.30 bits per heavy atom. The second kappa shape index (κ2) is 9.24. The van der Waals surface area contributed by atoms with Crippen LogP contribution in [-0.2, 0) is 9.53 Å². The fraction of sp³-hybridized carbons (Fsp3) is 0.500. The molecule has 7 nitrogen and oxygen atoms in total. The maximum absolute atomic E-state index is 11.5. The summed E-state index contributed by atoms with van der Waals surface area (Å²) < 4.78 is 5.46. The molecule has 0 aromatic heterocycles. The molecule has 1 fully saturated rings. The number of hydrogen-bond acceptors (Lipinski definition) is 5. The number of amides is 3. The molecule has 23 heavy (non-hydrogen) atoms. The SMILES string of the molecule is CC(NNCCCOCN1CCC(=O)NC1=O)c1ccccc1. The van der Waals surface area contributed by atoms with E-state index in [-0.39, 0.29) is 24.7 Å². The quantitative estimate of drug-likeness (QED) is 0.470. The number of hydrogen-bond donors (Lipinski definition) is 3. The third-order valence-electron chi connectivity index (χ3n) is 3.60. The van der Waals surface area contributed by atoms with Crippen LogP contribution in [0.1, 0.15) is 31.4 Å². The molecule has 7 heteroatoms. The van der Waals surface area contributed by atoms with Gasteiger partial charge in [0.1, 0.15) is 6.73 Å². The van der Waals surface area contributed by atoms with Crippen molar-refractivity contribution >= 4 is 11.9 Å². The molecule has 126 valence electrons. The Labute approximate surface area is 136 Å². The van der Waals surface area contributed by atoms with Crippen LogP contribution >= 0.6 is 0 Å². The summed E-state index contributed by atoms with van der Waals surface area (Å²) in [5.74, 6) is -0.228. The maximum atomic E-state index is 11.5. The van der Waals surface area contributed by atoms with Crippen LogP contribution in [0, 0.1) is 0 Å². The molecule has 1 aromatic rings. The molecule has 1 unspecified atom stereocenters. The van der Waals surface area contributed by atoms with Crippen LogP contribution < -0.4 is 16.2 Å². The van der Waals surface area contributed by atoms with E-state index in [4.69, 9.17) is 4.74 Å². The number of imide groups is 1. The minimum Gasteiger partial charge on any atom is -0.361 e. The molecule has 0 bridgehead atoms. The summed E-state index contributed by atoms with van der Waals surface area (Å²) in [4.78, 5) is 24.0. The van der Waals surface area contributed by atoms with Gasteiger partial charge in [-0.3, -0.25) is 21.0 Å². The fourth-order valence-electron chi connectivity index (χ4n) is 2.21. The van der Waals surface area contributed by atoms with Crippen LogP contribution in [-0.4, -0.2) is 43.3 Å². The van der Waals surface area contributed by atoms with Crippen molar-refractivity contribution in [1.82, 2.24) is 21.1 Å². The Bertz CT molecular complexity index is 509. The number of hydrazine groups is 1. The van der Waals surface area contributed by atoms with Crippen LogP contribution in [0.2, 0.25) is 0 Å². The van der Waals surface area contributed by atoms with E-state index < -0.39 is 0 Å². The number of nitrogens with zero attached hydrogens (tertiary/aromatic N) is 1. The van der Waals surface area contributed by atoms with Crippen LogP contribution in [0.15, 0.2) is 30.3 Å². The highest BCUT2D eigenvalue weighted by atomic mass is 16.5. The summed E-state index contributed by atoms with van der Waals surface area (Å²) in [6.45, 7) is 4.04. The Morgan fingerprint density at radius 3 is 2.83 bits per heavy atom. The minimum absolute atomic E-state index is 0.215. The molecule has 0 aliphatic carbocycles. The zero-order valence-corrected chi connectivity index (χ0v) is 13.4. The first-order chi connectivity index (χ1) is 11.2. The molecular formula is C16H24N4O3. The molecule has 1 aliphatic heterocycles. The van der Waals surface area contributed by atoms with Crippen molar-refractivity contribution in [3.63, 3.8) is 0 Å². The molecule has 0 spiro atoms. The number of urea groups is 1. The number of nitrogens with one attached hydrogen (secondary N) is 3. The molecule has 3 N–H and O–H groups in total. The average Bonchev–Trinajstić information content (AvgIpc) is 2.56. The van der Waals surface area contributed by atoms with Gasteiger partial charge in [-0.05, 0) is 18.9 Å². The van der Waals surface area contributed by atoms with Gasteiger partial charge in [-0.1, -0.05) is 30.3 Å². The van der Waals surface area contributed by atoms with Crippen molar-refractivity contribution in [3.8, 4) is 0 Å². The van der Waals surface area contributed by atoms with E-state index in [1.54, 1.807) is 0 Å². The predicted molar refractivity (Wildman–Crippen MR) is 86.3 cm³/mol. The van der Waals surface area contributed by atoms with Gasteiger partial charge in [0.05, 0.1) is 6.61 Å². The first-order valence-corrected chi connectivity index (χ1v) is 7.86. The van der Waals surface area contributed by atoms with E-state index in [0.717, 1.165) is 13.0 Å². The van der Waals surface area contributed by atoms with Gasteiger partial charge in [0.2, 0.25) is 5.91 Å². The highest BCUT2D eigenvalue weighted by Crippen LogP contribution is 2.09. The number of carbonyl (C=O) groups is 2. The smallest absolute Gasteiger partial charge is 0.325 e. The van der Waals surface area contributed by atoms with Crippen LogP contribution in [0.5, 0.6) is 0 Å². The van der Waals surface area contributed by atoms with Crippen molar-refractivity contribution in [2.75, 3.05) is 26.4 Å². The van der Waals surface area contributed by atoms with Gasteiger partial charge in [-0.2, -0.15) is 0 Å². The molecule has 1 saturated heterocycles. The van der Waals surface area contributed by atoms with E-state index in [1.807, 2.05) is 18.2 Å². The van der Waals surface area contributed by atoms with Gasteiger partial charge < -0.3 is 9.64 Å². The van der Waals surface area contributed by atoms with E-state index >= 15 is 0 Å². The number of rotatable bonds is 9. The molecule has 0 saturated carbocycles. The average molecular weight is 320 g/mol. The highest BCUT2D eigenvalue weighted by molar-refractivity contribution is 5.96. The van der Waals surface area contributed by atoms with Gasteiger partial charge >= 0.3 is 6.03 Å². The number of carbonyl (C=O) groups excluding carboxylic acids is 2.